The third-order valence-corrected chi connectivity index (χ3v) is 6.07. The molecular weight excluding hydrogens is 454 g/mol. The first-order valence-corrected chi connectivity index (χ1v) is 10.9. The van der Waals surface area contributed by atoms with E-state index in [0.717, 1.165) is 51.4 Å². The van der Waals surface area contributed by atoms with Gasteiger partial charge < -0.3 is 24.8 Å². The minimum atomic E-state index is -1.21. The maximum Gasteiger partial charge on any atom is 0.324 e. The van der Waals surface area contributed by atoms with Gasteiger partial charge in [0.15, 0.2) is 0 Å². The molecule has 0 amide bonds. The van der Waals surface area contributed by atoms with Gasteiger partial charge >= 0.3 is 11.4 Å². The highest BCUT2D eigenvalue weighted by Gasteiger charge is 2.30. The van der Waals surface area contributed by atoms with Crippen molar-refractivity contribution in [3.63, 3.8) is 0 Å². The second kappa shape index (κ2) is 12.0. The molecule has 0 atom stereocenters. The molecule has 34 heavy (non-hydrogen) atoms. The zero-order valence-corrected chi connectivity index (χ0v) is 19.9. The van der Waals surface area contributed by atoms with E-state index in [9.17, 15) is 40.8 Å². The van der Waals surface area contributed by atoms with Gasteiger partial charge in [-0.3, -0.25) is 30.3 Å². The summed E-state index contributed by atoms with van der Waals surface area (Å²) in [5.74, 6) is -1.21. The summed E-state index contributed by atoms with van der Waals surface area (Å²) in [5, 5.41) is 64.3. The first-order chi connectivity index (χ1) is 15.6. The number of rotatable bonds is 5. The van der Waals surface area contributed by atoms with Crippen LogP contribution in [0.3, 0.4) is 0 Å². The SMILES string of the molecule is C[N+](C)([O-])C1CCCCC([N+](C)(C)[O-])CCCC1.O=[N+]([O-])c1cc([N+](=O)[O-])c(O)c([N+](=O)[O-])c1. The predicted molar refractivity (Wildman–Crippen MR) is 124 cm³/mol. The number of hydrogen-bond acceptors (Lipinski definition) is 9. The summed E-state index contributed by atoms with van der Waals surface area (Å²) in [6.07, 6.45) is 8.39. The quantitative estimate of drug-likeness (QED) is 0.360. The van der Waals surface area contributed by atoms with Crippen LogP contribution in [0.2, 0.25) is 0 Å². The van der Waals surface area contributed by atoms with E-state index < -0.39 is 37.6 Å². The smallest absolute Gasteiger partial charge is 0.324 e. The minimum absolute atomic E-state index is 0.160. The van der Waals surface area contributed by atoms with Crippen LogP contribution in [0.25, 0.3) is 0 Å². The van der Waals surface area contributed by atoms with Crippen molar-refractivity contribution in [2.45, 2.75) is 63.5 Å². The third-order valence-electron chi connectivity index (χ3n) is 6.07. The molecule has 192 valence electrons. The highest BCUT2D eigenvalue weighted by molar-refractivity contribution is 5.64. The monoisotopic (exact) mass is 487 g/mol. The summed E-state index contributed by atoms with van der Waals surface area (Å²) in [6, 6.07) is 1.39. The highest BCUT2D eigenvalue weighted by atomic mass is 16.6. The van der Waals surface area contributed by atoms with E-state index in [1.54, 1.807) is 28.2 Å². The predicted octanol–water partition coefficient (Wildman–Crippen LogP) is 4.12. The van der Waals surface area contributed by atoms with Gasteiger partial charge in [-0.2, -0.15) is 0 Å². The molecule has 1 aromatic carbocycles. The molecule has 0 unspecified atom stereocenters. The van der Waals surface area contributed by atoms with Crippen molar-refractivity contribution in [2.75, 3.05) is 28.2 Å². The van der Waals surface area contributed by atoms with E-state index in [0.29, 0.717) is 12.1 Å². The number of aromatic hydroxyl groups is 1. The Morgan fingerprint density at radius 2 is 1.00 bits per heavy atom. The van der Waals surface area contributed by atoms with Gasteiger partial charge in [-0.15, -0.1) is 0 Å². The molecule has 1 N–H and O–H groups in total. The molecule has 0 bridgehead atoms. The molecule has 14 nitrogen and oxygen atoms in total. The van der Waals surface area contributed by atoms with Gasteiger partial charge in [-0.05, 0) is 51.4 Å². The molecule has 1 aromatic rings. The summed E-state index contributed by atoms with van der Waals surface area (Å²) in [6.45, 7) is 0. The summed E-state index contributed by atoms with van der Waals surface area (Å²) in [7, 11) is 7.04. The fraction of sp³-hybridized carbons (Fsp3) is 0.700. The van der Waals surface area contributed by atoms with Gasteiger partial charge in [-0.1, -0.05) is 0 Å². The lowest BCUT2D eigenvalue weighted by Crippen LogP contribution is -2.45. The molecule has 0 saturated heterocycles. The zero-order valence-electron chi connectivity index (χ0n) is 19.9. The Kier molecular flexibility index (Phi) is 10.2. The Morgan fingerprint density at radius 1 is 0.706 bits per heavy atom. The van der Waals surface area contributed by atoms with Crippen LogP contribution in [0, 0.1) is 40.8 Å². The molecule has 0 spiro atoms. The normalized spacial score (nSPS) is 19.9. The first kappa shape index (κ1) is 29.1. The highest BCUT2D eigenvalue weighted by Crippen LogP contribution is 2.39. The maximum absolute atomic E-state index is 12.0. The van der Waals surface area contributed by atoms with Crippen molar-refractivity contribution in [2.24, 2.45) is 0 Å². The van der Waals surface area contributed by atoms with Gasteiger partial charge in [0.1, 0.15) is 0 Å². The van der Waals surface area contributed by atoms with Crippen LogP contribution in [0.5, 0.6) is 5.75 Å². The number of nitro benzene ring substituents is 3. The standard InChI is InChI=1S/C14H30N2O2.C6H3N3O7/c1-15(2,17)13-9-5-7-11-14(16(3,4)18)12-8-6-10-13;10-6-4(8(13)14)1-3(7(11)12)2-5(6)9(15)16/h13-14H,5-12H2,1-4H3;1-2,10H. The molecule has 1 saturated carbocycles. The number of nitro groups is 3. The number of hydroxylamine groups is 6. The van der Waals surface area contributed by atoms with E-state index in [1.165, 1.54) is 0 Å². The van der Waals surface area contributed by atoms with Crippen molar-refractivity contribution < 1.29 is 29.2 Å². The van der Waals surface area contributed by atoms with Crippen LogP contribution in [0.1, 0.15) is 51.4 Å². The molecule has 0 aromatic heterocycles. The number of nitrogens with zero attached hydrogens (tertiary/aromatic N) is 5. The fourth-order valence-corrected chi connectivity index (χ4v) is 4.03. The number of phenolic OH excluding ortho intramolecular Hbond substituents is 1. The van der Waals surface area contributed by atoms with Crippen LogP contribution in [-0.2, 0) is 0 Å². The van der Waals surface area contributed by atoms with Crippen molar-refractivity contribution in [1.29, 1.82) is 0 Å². The van der Waals surface area contributed by atoms with Crippen molar-refractivity contribution in [3.05, 3.63) is 52.9 Å². The lowest BCUT2D eigenvalue weighted by atomic mass is 9.93. The minimum Gasteiger partial charge on any atom is -0.633 e. The Labute approximate surface area is 197 Å². The number of quaternary nitrogens is 2. The van der Waals surface area contributed by atoms with Crippen LogP contribution in [0.4, 0.5) is 17.1 Å². The molecule has 0 heterocycles. The summed E-state index contributed by atoms with van der Waals surface area (Å²) < 4.78 is -0.320. The Bertz CT molecular complexity index is 807. The fourth-order valence-electron chi connectivity index (χ4n) is 4.03. The largest absolute Gasteiger partial charge is 0.633 e. The van der Waals surface area contributed by atoms with Gasteiger partial charge in [0.25, 0.3) is 11.4 Å². The van der Waals surface area contributed by atoms with E-state index in [4.69, 9.17) is 5.11 Å². The molecule has 0 radical (unpaired) electrons. The van der Waals surface area contributed by atoms with E-state index >= 15 is 0 Å². The molecule has 1 fully saturated rings. The summed E-state index contributed by atoms with van der Waals surface area (Å²) >= 11 is 0. The summed E-state index contributed by atoms with van der Waals surface area (Å²) in [4.78, 5) is 27.8. The lowest BCUT2D eigenvalue weighted by molar-refractivity contribution is -0.869. The van der Waals surface area contributed by atoms with E-state index in [2.05, 4.69) is 0 Å². The molecule has 0 aliphatic heterocycles. The second-order valence-electron chi connectivity index (χ2n) is 9.35. The Hall–Kier alpha value is -2.94. The second-order valence-corrected chi connectivity index (χ2v) is 9.35. The lowest BCUT2D eigenvalue weighted by Gasteiger charge is -2.44. The average molecular weight is 488 g/mol. The summed E-state index contributed by atoms with van der Waals surface area (Å²) in [5.41, 5.74) is -3.00. The van der Waals surface area contributed by atoms with Crippen LogP contribution >= 0.6 is 0 Å². The van der Waals surface area contributed by atoms with Crippen LogP contribution in [-0.4, -0.2) is 69.4 Å². The number of phenols is 1. The van der Waals surface area contributed by atoms with Crippen LogP contribution < -0.4 is 0 Å². The van der Waals surface area contributed by atoms with Crippen LogP contribution in [0.15, 0.2) is 12.1 Å². The van der Waals surface area contributed by atoms with Crippen molar-refractivity contribution in [3.8, 4) is 5.75 Å². The maximum atomic E-state index is 12.0. The van der Waals surface area contributed by atoms with Gasteiger partial charge in [0, 0.05) is 0 Å². The zero-order chi connectivity index (χ0) is 26.3. The van der Waals surface area contributed by atoms with E-state index in [-0.39, 0.29) is 21.4 Å². The average Bonchev–Trinajstić information content (AvgIpc) is 2.70. The van der Waals surface area contributed by atoms with Crippen molar-refractivity contribution >= 4 is 17.1 Å². The number of benzene rings is 1. The molecule has 1 aliphatic rings. The van der Waals surface area contributed by atoms with Gasteiger partial charge in [-0.25, -0.2) is 0 Å². The molecule has 14 heteroatoms. The molecule has 1 aliphatic carbocycles. The van der Waals surface area contributed by atoms with Crippen molar-refractivity contribution in [1.82, 2.24) is 0 Å². The van der Waals surface area contributed by atoms with Gasteiger partial charge in [0.05, 0.1) is 67.2 Å². The Morgan fingerprint density at radius 3 is 1.21 bits per heavy atom. The van der Waals surface area contributed by atoms with Gasteiger partial charge in [0.2, 0.25) is 0 Å². The Balaban J connectivity index is 0.000000342. The van der Waals surface area contributed by atoms with E-state index in [1.807, 2.05) is 0 Å². The number of hydrogen-bond donors (Lipinski definition) is 1. The molecular formula is C20H33N5O9. The topological polar surface area (TPSA) is 196 Å². The number of non-ortho nitro benzene ring substituents is 1. The molecule has 2 rings (SSSR count). The first-order valence-electron chi connectivity index (χ1n) is 10.9. The third kappa shape index (κ3) is 8.78.